The zero-order chi connectivity index (χ0) is 16.0. The minimum Gasteiger partial charge on any atom is -0.508 e. The molecule has 1 aliphatic carbocycles. The van der Waals surface area contributed by atoms with Crippen molar-refractivity contribution in [2.75, 3.05) is 0 Å². The highest BCUT2D eigenvalue weighted by atomic mass is 19.1. The zero-order valence-corrected chi connectivity index (χ0v) is 12.3. The van der Waals surface area contributed by atoms with E-state index in [-0.39, 0.29) is 28.2 Å². The largest absolute Gasteiger partial charge is 0.508 e. The second kappa shape index (κ2) is 5.26. The zero-order valence-electron chi connectivity index (χ0n) is 12.3. The summed E-state index contributed by atoms with van der Waals surface area (Å²) in [6, 6.07) is 7.25. The molecule has 0 unspecified atom stereocenters. The number of hydrogen-bond donors (Lipinski definition) is 1. The second-order valence-corrected chi connectivity index (χ2v) is 5.92. The molecule has 1 aromatic heterocycles. The van der Waals surface area contributed by atoms with Crippen LogP contribution in [0.4, 0.5) is 4.39 Å². The lowest BCUT2D eigenvalue weighted by Gasteiger charge is -2.13. The average molecular weight is 314 g/mol. The number of phenolic OH excluding ortho intramolecular Hbond substituents is 1. The van der Waals surface area contributed by atoms with E-state index in [2.05, 4.69) is 0 Å². The Morgan fingerprint density at radius 1 is 1.13 bits per heavy atom. The monoisotopic (exact) mass is 314 g/mol. The SMILES string of the molecule is O=c1oc2cc(O)cc(F)c2c2ccc(OC3CCCC3)cc12. The number of ether oxygens (including phenoxy) is 1. The molecule has 1 heterocycles. The molecule has 4 rings (SSSR count). The highest BCUT2D eigenvalue weighted by molar-refractivity contribution is 6.05. The van der Waals surface area contributed by atoms with Crippen molar-refractivity contribution in [2.24, 2.45) is 0 Å². The van der Waals surface area contributed by atoms with E-state index in [9.17, 15) is 14.3 Å². The normalized spacial score (nSPS) is 15.5. The first-order valence-electron chi connectivity index (χ1n) is 7.67. The molecule has 0 bridgehead atoms. The van der Waals surface area contributed by atoms with Gasteiger partial charge in [-0.05, 0) is 43.9 Å². The quantitative estimate of drug-likeness (QED) is 0.571. The van der Waals surface area contributed by atoms with Crippen LogP contribution >= 0.6 is 0 Å². The van der Waals surface area contributed by atoms with Gasteiger partial charge in [0.2, 0.25) is 0 Å². The molecule has 1 fully saturated rings. The van der Waals surface area contributed by atoms with E-state index in [4.69, 9.17) is 9.15 Å². The first kappa shape index (κ1) is 14.1. The Bertz CT molecular complexity index is 955. The lowest BCUT2D eigenvalue weighted by Crippen LogP contribution is -2.11. The molecule has 0 atom stereocenters. The maximum atomic E-state index is 14.2. The van der Waals surface area contributed by atoms with Crippen LogP contribution < -0.4 is 10.4 Å². The van der Waals surface area contributed by atoms with Crippen molar-refractivity contribution in [3.8, 4) is 11.5 Å². The van der Waals surface area contributed by atoms with Gasteiger partial charge in [0.1, 0.15) is 22.9 Å². The van der Waals surface area contributed by atoms with Gasteiger partial charge in [-0.1, -0.05) is 0 Å². The molecule has 4 nitrogen and oxygen atoms in total. The molecule has 3 aromatic rings. The maximum absolute atomic E-state index is 14.2. The van der Waals surface area contributed by atoms with E-state index in [0.717, 1.165) is 31.7 Å². The van der Waals surface area contributed by atoms with Gasteiger partial charge in [0.05, 0.1) is 16.9 Å². The molecular weight excluding hydrogens is 299 g/mol. The van der Waals surface area contributed by atoms with Gasteiger partial charge in [-0.2, -0.15) is 0 Å². The van der Waals surface area contributed by atoms with Crippen LogP contribution in [-0.2, 0) is 0 Å². The third kappa shape index (κ3) is 2.42. The summed E-state index contributed by atoms with van der Waals surface area (Å²) in [6.45, 7) is 0. The van der Waals surface area contributed by atoms with Crippen LogP contribution in [-0.4, -0.2) is 11.2 Å². The standard InChI is InChI=1S/C18H15FO4/c19-15-7-10(20)8-16-17(15)13-6-5-12(9-14(13)18(21)23-16)22-11-3-1-2-4-11/h5-9,11,20H,1-4H2. The van der Waals surface area contributed by atoms with E-state index < -0.39 is 11.4 Å². The van der Waals surface area contributed by atoms with Crippen LogP contribution in [0.5, 0.6) is 11.5 Å². The number of fused-ring (bicyclic) bond motifs is 3. The molecule has 0 spiro atoms. The minimum absolute atomic E-state index is 0.0319. The van der Waals surface area contributed by atoms with Crippen molar-refractivity contribution >= 4 is 21.7 Å². The Hall–Kier alpha value is -2.56. The van der Waals surface area contributed by atoms with Crippen molar-refractivity contribution < 1.29 is 18.7 Å². The fourth-order valence-electron chi connectivity index (χ4n) is 3.25. The molecular formula is C18H15FO4. The third-order valence-electron chi connectivity index (χ3n) is 4.33. The highest BCUT2D eigenvalue weighted by Crippen LogP contribution is 2.31. The summed E-state index contributed by atoms with van der Waals surface area (Å²) in [5.41, 5.74) is -0.543. The maximum Gasteiger partial charge on any atom is 0.344 e. The predicted molar refractivity (Wildman–Crippen MR) is 84.5 cm³/mol. The summed E-state index contributed by atoms with van der Waals surface area (Å²) in [7, 11) is 0. The molecule has 1 N–H and O–H groups in total. The Balaban J connectivity index is 1.90. The summed E-state index contributed by atoms with van der Waals surface area (Å²) in [6.07, 6.45) is 4.50. The lowest BCUT2D eigenvalue weighted by atomic mass is 10.1. The average Bonchev–Trinajstić information content (AvgIpc) is 3.00. The first-order valence-corrected chi connectivity index (χ1v) is 7.67. The van der Waals surface area contributed by atoms with Gasteiger partial charge in [0.25, 0.3) is 0 Å². The summed E-state index contributed by atoms with van der Waals surface area (Å²) in [4.78, 5) is 12.2. The van der Waals surface area contributed by atoms with Gasteiger partial charge in [-0.3, -0.25) is 0 Å². The van der Waals surface area contributed by atoms with E-state index >= 15 is 0 Å². The summed E-state index contributed by atoms with van der Waals surface area (Å²) in [5.74, 6) is -0.313. The number of halogens is 1. The van der Waals surface area contributed by atoms with Crippen LogP contribution in [0.2, 0.25) is 0 Å². The Kier molecular flexibility index (Phi) is 3.22. The van der Waals surface area contributed by atoms with E-state index in [1.165, 1.54) is 6.07 Å². The predicted octanol–water partition coefficient (Wildman–Crippen LogP) is 4.11. The van der Waals surface area contributed by atoms with Crippen molar-refractivity contribution in [3.05, 3.63) is 46.6 Å². The van der Waals surface area contributed by atoms with E-state index in [0.29, 0.717) is 11.1 Å². The van der Waals surface area contributed by atoms with E-state index in [1.807, 2.05) is 0 Å². The van der Waals surface area contributed by atoms with Crippen LogP contribution in [0.1, 0.15) is 25.7 Å². The van der Waals surface area contributed by atoms with Crippen molar-refractivity contribution in [1.82, 2.24) is 0 Å². The fraction of sp³-hybridized carbons (Fsp3) is 0.278. The number of phenols is 1. The Morgan fingerprint density at radius 2 is 1.91 bits per heavy atom. The van der Waals surface area contributed by atoms with Gasteiger partial charge in [-0.15, -0.1) is 0 Å². The molecule has 0 aliphatic heterocycles. The topological polar surface area (TPSA) is 59.7 Å². The molecule has 23 heavy (non-hydrogen) atoms. The van der Waals surface area contributed by atoms with Crippen LogP contribution in [0.25, 0.3) is 21.7 Å². The van der Waals surface area contributed by atoms with Crippen molar-refractivity contribution in [2.45, 2.75) is 31.8 Å². The fourth-order valence-corrected chi connectivity index (χ4v) is 3.25. The molecule has 1 aliphatic rings. The van der Waals surface area contributed by atoms with Gasteiger partial charge >= 0.3 is 5.63 Å². The molecule has 0 radical (unpaired) electrons. The molecule has 0 amide bonds. The smallest absolute Gasteiger partial charge is 0.344 e. The molecule has 118 valence electrons. The van der Waals surface area contributed by atoms with Crippen LogP contribution in [0.3, 0.4) is 0 Å². The Labute approximate surface area is 131 Å². The van der Waals surface area contributed by atoms with Gasteiger partial charge in [0.15, 0.2) is 0 Å². The van der Waals surface area contributed by atoms with E-state index in [1.54, 1.807) is 18.2 Å². The van der Waals surface area contributed by atoms with Crippen LogP contribution in [0, 0.1) is 5.82 Å². The molecule has 0 saturated heterocycles. The second-order valence-electron chi connectivity index (χ2n) is 5.92. The van der Waals surface area contributed by atoms with Gasteiger partial charge in [0, 0.05) is 17.5 Å². The molecule has 5 heteroatoms. The van der Waals surface area contributed by atoms with Crippen molar-refractivity contribution in [3.63, 3.8) is 0 Å². The summed E-state index contributed by atoms with van der Waals surface area (Å²) >= 11 is 0. The molecule has 1 saturated carbocycles. The lowest BCUT2D eigenvalue weighted by molar-refractivity contribution is 0.210. The van der Waals surface area contributed by atoms with Gasteiger partial charge < -0.3 is 14.3 Å². The number of rotatable bonds is 2. The number of benzene rings is 2. The third-order valence-corrected chi connectivity index (χ3v) is 4.33. The summed E-state index contributed by atoms with van der Waals surface area (Å²) in [5, 5.41) is 10.4. The Morgan fingerprint density at radius 3 is 2.70 bits per heavy atom. The number of hydrogen-bond acceptors (Lipinski definition) is 4. The van der Waals surface area contributed by atoms with Crippen molar-refractivity contribution in [1.29, 1.82) is 0 Å². The molecule has 2 aromatic carbocycles. The summed E-state index contributed by atoms with van der Waals surface area (Å²) < 4.78 is 25.2. The first-order chi connectivity index (χ1) is 11.1. The highest BCUT2D eigenvalue weighted by Gasteiger charge is 2.18. The van der Waals surface area contributed by atoms with Crippen LogP contribution in [0.15, 0.2) is 39.5 Å². The van der Waals surface area contributed by atoms with Gasteiger partial charge in [-0.25, -0.2) is 9.18 Å². The number of aromatic hydroxyl groups is 1. The minimum atomic E-state index is -0.627.